The Morgan fingerprint density at radius 3 is 1.77 bits per heavy atom. The minimum atomic E-state index is 0.828. The van der Waals surface area contributed by atoms with Crippen LogP contribution in [-0.4, -0.2) is 13.1 Å². The van der Waals surface area contributed by atoms with E-state index in [1.165, 1.54) is 36.9 Å². The molecule has 3 aromatic rings. The molecule has 160 valence electrons. The largest absolute Gasteiger partial charge is 0.372 e. The lowest BCUT2D eigenvalue weighted by atomic mass is 10.1. The molecule has 0 bridgehead atoms. The molecule has 0 atom stereocenters. The Morgan fingerprint density at radius 1 is 0.710 bits per heavy atom. The Balaban J connectivity index is 1.27. The molecule has 0 radical (unpaired) electrons. The van der Waals surface area contributed by atoms with Crippen molar-refractivity contribution in [1.82, 2.24) is 0 Å². The monoisotopic (exact) mass is 413 g/mol. The van der Waals surface area contributed by atoms with Crippen LogP contribution in [0.15, 0.2) is 83.0 Å². The maximum absolute atomic E-state index is 4.37. The number of hydrazine groups is 1. The minimum absolute atomic E-state index is 0.828. The zero-order valence-corrected chi connectivity index (χ0v) is 18.2. The normalized spacial score (nSPS) is 13.6. The summed E-state index contributed by atoms with van der Waals surface area (Å²) >= 11 is 0. The summed E-state index contributed by atoms with van der Waals surface area (Å²) in [5.74, 6) is 0. The van der Waals surface area contributed by atoms with Gasteiger partial charge in [0.05, 0.1) is 22.7 Å². The fourth-order valence-electron chi connectivity index (χ4n) is 3.71. The van der Waals surface area contributed by atoms with E-state index in [1.54, 1.807) is 0 Å². The summed E-state index contributed by atoms with van der Waals surface area (Å²) in [7, 11) is 0. The highest BCUT2D eigenvalue weighted by Crippen LogP contribution is 2.25. The van der Waals surface area contributed by atoms with Gasteiger partial charge in [0.25, 0.3) is 0 Å². The van der Waals surface area contributed by atoms with Gasteiger partial charge in [-0.05, 0) is 91.9 Å². The lowest BCUT2D eigenvalue weighted by Crippen LogP contribution is -2.17. The first-order valence-electron chi connectivity index (χ1n) is 11.3. The first-order valence-corrected chi connectivity index (χ1v) is 11.3. The molecule has 0 aliphatic carbocycles. The molecule has 1 saturated heterocycles. The maximum atomic E-state index is 4.37. The van der Waals surface area contributed by atoms with Gasteiger partial charge in [-0.1, -0.05) is 25.5 Å². The van der Waals surface area contributed by atoms with E-state index in [1.807, 2.05) is 36.4 Å². The van der Waals surface area contributed by atoms with Crippen LogP contribution in [0.25, 0.3) is 0 Å². The van der Waals surface area contributed by atoms with Crippen LogP contribution in [-0.2, 0) is 6.42 Å². The van der Waals surface area contributed by atoms with Crippen LogP contribution in [0.3, 0.4) is 0 Å². The van der Waals surface area contributed by atoms with Gasteiger partial charge in [0.15, 0.2) is 0 Å². The van der Waals surface area contributed by atoms with Crippen molar-refractivity contribution in [3.8, 4) is 0 Å². The van der Waals surface area contributed by atoms with E-state index in [4.69, 9.17) is 0 Å². The smallest absolute Gasteiger partial charge is 0.0858 e. The molecule has 1 heterocycles. The SMILES string of the molecule is CCCCc1ccc(NNc2ccc(/N=N/c3ccc(N4CCCC4)cc3)cc2)cc1. The molecule has 3 aromatic carbocycles. The Morgan fingerprint density at radius 2 is 1.23 bits per heavy atom. The minimum Gasteiger partial charge on any atom is -0.372 e. The molecule has 1 aliphatic rings. The molecule has 31 heavy (non-hydrogen) atoms. The van der Waals surface area contributed by atoms with Crippen LogP contribution in [0, 0.1) is 0 Å². The molecule has 5 heteroatoms. The lowest BCUT2D eigenvalue weighted by molar-refractivity contribution is 0.795. The number of benzene rings is 3. The predicted molar refractivity (Wildman–Crippen MR) is 131 cm³/mol. The van der Waals surface area contributed by atoms with Crippen molar-refractivity contribution >= 4 is 28.4 Å². The number of anilines is 3. The average Bonchev–Trinajstić information content (AvgIpc) is 3.37. The summed E-state index contributed by atoms with van der Waals surface area (Å²) in [6, 6.07) is 24.8. The number of azo groups is 1. The van der Waals surface area contributed by atoms with Crippen LogP contribution < -0.4 is 15.8 Å². The quantitative estimate of drug-likeness (QED) is 0.282. The van der Waals surface area contributed by atoms with Crippen molar-refractivity contribution in [2.24, 2.45) is 10.2 Å². The van der Waals surface area contributed by atoms with Gasteiger partial charge in [-0.2, -0.15) is 10.2 Å². The van der Waals surface area contributed by atoms with E-state index in [9.17, 15) is 0 Å². The van der Waals surface area contributed by atoms with E-state index >= 15 is 0 Å². The highest BCUT2D eigenvalue weighted by Gasteiger charge is 2.11. The van der Waals surface area contributed by atoms with E-state index in [0.29, 0.717) is 0 Å². The van der Waals surface area contributed by atoms with Gasteiger partial charge in [-0.3, -0.25) is 0 Å². The summed E-state index contributed by atoms with van der Waals surface area (Å²) in [6.45, 7) is 4.53. The third-order valence-electron chi connectivity index (χ3n) is 5.59. The van der Waals surface area contributed by atoms with Gasteiger partial charge < -0.3 is 15.8 Å². The van der Waals surface area contributed by atoms with Gasteiger partial charge in [-0.15, -0.1) is 0 Å². The molecule has 1 aliphatic heterocycles. The number of rotatable bonds is 9. The number of hydrogen-bond donors (Lipinski definition) is 2. The van der Waals surface area contributed by atoms with Crippen molar-refractivity contribution in [3.05, 3.63) is 78.4 Å². The standard InChI is InChI=1S/C26H31N5/c1-2-3-6-21-7-9-22(10-8-21)27-28-23-11-13-24(14-12-23)29-30-25-15-17-26(18-16-25)31-19-4-5-20-31/h7-18,27-28H,2-6,19-20H2,1H3/b30-29+. The molecule has 0 aromatic heterocycles. The highest BCUT2D eigenvalue weighted by molar-refractivity contribution is 5.56. The van der Waals surface area contributed by atoms with Crippen molar-refractivity contribution in [2.75, 3.05) is 28.8 Å². The molecule has 5 nitrogen and oxygen atoms in total. The second-order valence-corrected chi connectivity index (χ2v) is 8.01. The molecule has 0 amide bonds. The van der Waals surface area contributed by atoms with Crippen molar-refractivity contribution < 1.29 is 0 Å². The number of nitrogens with one attached hydrogen (secondary N) is 2. The third-order valence-corrected chi connectivity index (χ3v) is 5.59. The summed E-state index contributed by atoms with van der Waals surface area (Å²) in [5.41, 5.74) is 12.8. The molecule has 1 fully saturated rings. The predicted octanol–water partition coefficient (Wildman–Crippen LogP) is 7.48. The molecule has 0 unspecified atom stereocenters. The Bertz CT molecular complexity index is 956. The third kappa shape index (κ3) is 6.07. The average molecular weight is 414 g/mol. The zero-order valence-electron chi connectivity index (χ0n) is 18.2. The summed E-state index contributed by atoms with van der Waals surface area (Å²) in [4.78, 5) is 2.42. The van der Waals surface area contributed by atoms with E-state index in [-0.39, 0.29) is 0 Å². The van der Waals surface area contributed by atoms with Crippen LogP contribution in [0.1, 0.15) is 38.2 Å². The van der Waals surface area contributed by atoms with Crippen molar-refractivity contribution in [3.63, 3.8) is 0 Å². The van der Waals surface area contributed by atoms with Crippen LogP contribution in [0.4, 0.5) is 28.4 Å². The fraction of sp³-hybridized carbons (Fsp3) is 0.308. The van der Waals surface area contributed by atoms with Gasteiger partial charge in [-0.25, -0.2) is 0 Å². The van der Waals surface area contributed by atoms with E-state index in [2.05, 4.69) is 69.3 Å². The van der Waals surface area contributed by atoms with Gasteiger partial charge in [0, 0.05) is 18.8 Å². The van der Waals surface area contributed by atoms with E-state index in [0.717, 1.165) is 42.3 Å². The molecular weight excluding hydrogens is 382 g/mol. The number of unbranched alkanes of at least 4 members (excludes halogenated alkanes) is 1. The molecule has 4 rings (SSSR count). The van der Waals surface area contributed by atoms with Gasteiger partial charge in [0.1, 0.15) is 0 Å². The van der Waals surface area contributed by atoms with Crippen LogP contribution in [0.5, 0.6) is 0 Å². The van der Waals surface area contributed by atoms with Crippen molar-refractivity contribution in [2.45, 2.75) is 39.0 Å². The van der Waals surface area contributed by atoms with Gasteiger partial charge in [0.2, 0.25) is 0 Å². The Kier molecular flexibility index (Phi) is 7.16. The summed E-state index contributed by atoms with van der Waals surface area (Å²) < 4.78 is 0. The Hall–Kier alpha value is -3.34. The van der Waals surface area contributed by atoms with Crippen LogP contribution >= 0.6 is 0 Å². The number of hydrogen-bond acceptors (Lipinski definition) is 5. The second-order valence-electron chi connectivity index (χ2n) is 8.01. The fourth-order valence-corrected chi connectivity index (χ4v) is 3.71. The highest BCUT2D eigenvalue weighted by atomic mass is 15.4. The summed E-state index contributed by atoms with van der Waals surface area (Å²) in [5, 5.41) is 8.73. The molecule has 2 N–H and O–H groups in total. The van der Waals surface area contributed by atoms with Crippen molar-refractivity contribution in [1.29, 1.82) is 0 Å². The molecular formula is C26H31N5. The topological polar surface area (TPSA) is 52.0 Å². The number of nitrogens with zero attached hydrogens (tertiary/aromatic N) is 3. The lowest BCUT2D eigenvalue weighted by Gasteiger charge is -2.17. The zero-order chi connectivity index (χ0) is 21.3. The second kappa shape index (κ2) is 10.6. The Labute approximate surface area is 185 Å². The van der Waals surface area contributed by atoms with Crippen LogP contribution in [0.2, 0.25) is 0 Å². The first-order chi connectivity index (χ1) is 15.3. The molecule has 0 saturated carbocycles. The summed E-state index contributed by atoms with van der Waals surface area (Å²) in [6.07, 6.45) is 6.17. The maximum Gasteiger partial charge on any atom is 0.0858 e. The van der Waals surface area contributed by atoms with E-state index < -0.39 is 0 Å². The van der Waals surface area contributed by atoms with Gasteiger partial charge >= 0.3 is 0 Å². The first kappa shape index (κ1) is 20.9. The molecule has 0 spiro atoms. The number of aryl methyl sites for hydroxylation is 1.